The van der Waals surface area contributed by atoms with Crippen molar-refractivity contribution in [3.8, 4) is 0 Å². The number of anilines is 1. The van der Waals surface area contributed by atoms with Gasteiger partial charge in [0.2, 0.25) is 5.82 Å². The summed E-state index contributed by atoms with van der Waals surface area (Å²) in [6, 6.07) is 4.02. The minimum absolute atomic E-state index is 0.00450. The Morgan fingerprint density at radius 2 is 2.39 bits per heavy atom. The van der Waals surface area contributed by atoms with E-state index in [1.807, 2.05) is 12.1 Å². The predicted octanol–water partition coefficient (Wildman–Crippen LogP) is 2.81. The Morgan fingerprint density at radius 1 is 1.61 bits per heavy atom. The second kappa shape index (κ2) is 5.49. The number of halogens is 1. The number of nitrogens with zero attached hydrogens (tertiary/aromatic N) is 3. The largest absolute Gasteiger partial charge is 0.363 e. The molecule has 0 bridgehead atoms. The molecule has 0 unspecified atom stereocenters. The summed E-state index contributed by atoms with van der Waals surface area (Å²) in [4.78, 5) is 11.6. The smallest absolute Gasteiger partial charge is 0.330 e. The molecular formula is C10H11BrN4O2S. The van der Waals surface area contributed by atoms with Crippen molar-refractivity contribution in [2.75, 3.05) is 11.9 Å². The number of rotatable bonds is 5. The monoisotopic (exact) mass is 330 g/mol. The van der Waals surface area contributed by atoms with Crippen molar-refractivity contribution in [3.63, 3.8) is 0 Å². The van der Waals surface area contributed by atoms with Crippen LogP contribution >= 0.6 is 27.3 Å². The lowest BCUT2D eigenvalue weighted by Crippen LogP contribution is -2.06. The molecule has 0 aliphatic heterocycles. The first kappa shape index (κ1) is 13.0. The average molecular weight is 331 g/mol. The second-order valence-electron chi connectivity index (χ2n) is 3.68. The summed E-state index contributed by atoms with van der Waals surface area (Å²) < 4.78 is 2.52. The van der Waals surface area contributed by atoms with Crippen LogP contribution in [0.5, 0.6) is 0 Å². The zero-order chi connectivity index (χ0) is 13.1. The van der Waals surface area contributed by atoms with Gasteiger partial charge in [-0.05, 0) is 34.5 Å². The van der Waals surface area contributed by atoms with Crippen LogP contribution < -0.4 is 5.32 Å². The van der Waals surface area contributed by atoms with E-state index in [1.54, 1.807) is 18.4 Å². The molecule has 8 heteroatoms. The van der Waals surface area contributed by atoms with Gasteiger partial charge < -0.3 is 5.32 Å². The minimum atomic E-state index is -0.433. The van der Waals surface area contributed by atoms with Gasteiger partial charge in [0.15, 0.2) is 0 Å². The van der Waals surface area contributed by atoms with Crippen LogP contribution in [0.25, 0.3) is 0 Å². The Labute approximate surface area is 116 Å². The molecule has 0 amide bonds. The number of nitrogens with one attached hydrogen (secondary N) is 1. The van der Waals surface area contributed by atoms with Gasteiger partial charge >= 0.3 is 5.69 Å². The first-order chi connectivity index (χ1) is 8.56. The van der Waals surface area contributed by atoms with Crippen LogP contribution in [0.2, 0.25) is 0 Å². The fraction of sp³-hybridized carbons (Fsp3) is 0.300. The molecule has 6 nitrogen and oxygen atoms in total. The minimum Gasteiger partial charge on any atom is -0.363 e. The van der Waals surface area contributed by atoms with Crippen LogP contribution in [-0.4, -0.2) is 21.2 Å². The molecule has 2 aromatic rings. The normalized spacial score (nSPS) is 10.6. The van der Waals surface area contributed by atoms with Crippen molar-refractivity contribution >= 4 is 38.8 Å². The van der Waals surface area contributed by atoms with E-state index in [1.165, 1.54) is 15.8 Å². The summed E-state index contributed by atoms with van der Waals surface area (Å²) in [5, 5.41) is 17.8. The number of hydrogen-bond acceptors (Lipinski definition) is 5. The average Bonchev–Trinajstić information content (AvgIpc) is 2.85. The van der Waals surface area contributed by atoms with Gasteiger partial charge in [-0.25, -0.2) is 0 Å². The summed E-state index contributed by atoms with van der Waals surface area (Å²) in [6.07, 6.45) is 2.20. The quantitative estimate of drug-likeness (QED) is 0.675. The summed E-state index contributed by atoms with van der Waals surface area (Å²) in [6.45, 7) is 0.616. The number of aromatic nitrogens is 2. The van der Waals surface area contributed by atoms with Crippen LogP contribution in [0.15, 0.2) is 22.1 Å². The first-order valence-electron chi connectivity index (χ1n) is 5.22. The predicted molar refractivity (Wildman–Crippen MR) is 74.1 cm³/mol. The molecule has 0 fully saturated rings. The Bertz CT molecular complexity index is 566. The van der Waals surface area contributed by atoms with E-state index >= 15 is 0 Å². The van der Waals surface area contributed by atoms with Gasteiger partial charge in [0, 0.05) is 18.5 Å². The molecule has 0 atom stereocenters. The molecule has 2 aromatic heterocycles. The SMILES string of the molecule is Cn1cc([N+](=O)[O-])c(NCCc2ccc(Br)s2)n1. The van der Waals surface area contributed by atoms with Crippen LogP contribution in [0.4, 0.5) is 11.5 Å². The highest BCUT2D eigenvalue weighted by atomic mass is 79.9. The van der Waals surface area contributed by atoms with Gasteiger partial charge in [-0.2, -0.15) is 0 Å². The van der Waals surface area contributed by atoms with E-state index in [-0.39, 0.29) is 5.69 Å². The molecule has 2 heterocycles. The van der Waals surface area contributed by atoms with Crippen molar-refractivity contribution in [2.45, 2.75) is 6.42 Å². The number of aryl methyl sites for hydroxylation is 1. The topological polar surface area (TPSA) is 73.0 Å². The number of hydrogen-bond donors (Lipinski definition) is 1. The lowest BCUT2D eigenvalue weighted by atomic mass is 10.3. The Hall–Kier alpha value is -1.41. The Morgan fingerprint density at radius 3 is 3.00 bits per heavy atom. The summed E-state index contributed by atoms with van der Waals surface area (Å²) in [7, 11) is 1.66. The van der Waals surface area contributed by atoms with E-state index < -0.39 is 4.92 Å². The van der Waals surface area contributed by atoms with Gasteiger partial charge in [0.1, 0.15) is 6.20 Å². The van der Waals surface area contributed by atoms with Crippen LogP contribution in [0.1, 0.15) is 4.88 Å². The molecule has 0 aliphatic rings. The lowest BCUT2D eigenvalue weighted by molar-refractivity contribution is -0.384. The Kier molecular flexibility index (Phi) is 3.97. The fourth-order valence-electron chi connectivity index (χ4n) is 1.53. The highest BCUT2D eigenvalue weighted by Gasteiger charge is 2.17. The maximum Gasteiger partial charge on any atom is 0.330 e. The maximum atomic E-state index is 10.8. The van der Waals surface area contributed by atoms with E-state index in [0.717, 1.165) is 10.2 Å². The lowest BCUT2D eigenvalue weighted by Gasteiger charge is -2.00. The fourth-order valence-corrected chi connectivity index (χ4v) is 3.01. The molecule has 0 saturated heterocycles. The molecule has 96 valence electrons. The van der Waals surface area contributed by atoms with Crippen molar-refractivity contribution in [1.82, 2.24) is 9.78 Å². The number of thiophene rings is 1. The molecule has 0 aromatic carbocycles. The second-order valence-corrected chi connectivity index (χ2v) is 6.22. The van der Waals surface area contributed by atoms with Gasteiger partial charge in [0.25, 0.3) is 0 Å². The van der Waals surface area contributed by atoms with E-state index in [4.69, 9.17) is 0 Å². The van der Waals surface area contributed by atoms with E-state index in [9.17, 15) is 10.1 Å². The molecule has 18 heavy (non-hydrogen) atoms. The zero-order valence-electron chi connectivity index (χ0n) is 9.59. The molecule has 0 spiro atoms. The highest BCUT2D eigenvalue weighted by molar-refractivity contribution is 9.11. The van der Waals surface area contributed by atoms with Gasteiger partial charge in [-0.1, -0.05) is 0 Å². The molecule has 0 saturated carbocycles. The van der Waals surface area contributed by atoms with Gasteiger partial charge in [0.05, 0.1) is 8.71 Å². The number of nitro groups is 1. The van der Waals surface area contributed by atoms with Crippen LogP contribution in [0, 0.1) is 10.1 Å². The van der Waals surface area contributed by atoms with Crippen molar-refractivity contribution < 1.29 is 4.92 Å². The molecular weight excluding hydrogens is 320 g/mol. The third-order valence-electron chi connectivity index (χ3n) is 2.30. The molecule has 0 aliphatic carbocycles. The molecule has 0 radical (unpaired) electrons. The standard InChI is InChI=1S/C10H11BrN4O2S/c1-14-6-8(15(16)17)10(13-14)12-5-4-7-2-3-9(11)18-7/h2-3,6H,4-5H2,1H3,(H,12,13). The van der Waals surface area contributed by atoms with Crippen molar-refractivity contribution in [1.29, 1.82) is 0 Å². The van der Waals surface area contributed by atoms with E-state index in [0.29, 0.717) is 12.4 Å². The zero-order valence-corrected chi connectivity index (χ0v) is 12.0. The van der Waals surface area contributed by atoms with Crippen LogP contribution in [-0.2, 0) is 13.5 Å². The third-order valence-corrected chi connectivity index (χ3v) is 3.98. The summed E-state index contributed by atoms with van der Waals surface area (Å²) in [5.74, 6) is 0.318. The van der Waals surface area contributed by atoms with Crippen molar-refractivity contribution in [3.05, 3.63) is 37.1 Å². The van der Waals surface area contributed by atoms with Gasteiger partial charge in [-0.3, -0.25) is 14.8 Å². The first-order valence-corrected chi connectivity index (χ1v) is 6.83. The maximum absolute atomic E-state index is 10.8. The molecule has 2 rings (SSSR count). The van der Waals surface area contributed by atoms with E-state index in [2.05, 4.69) is 26.3 Å². The van der Waals surface area contributed by atoms with Crippen LogP contribution in [0.3, 0.4) is 0 Å². The summed E-state index contributed by atoms with van der Waals surface area (Å²) >= 11 is 5.05. The third kappa shape index (κ3) is 3.08. The molecule has 1 N–H and O–H groups in total. The highest BCUT2D eigenvalue weighted by Crippen LogP contribution is 2.24. The van der Waals surface area contributed by atoms with Gasteiger partial charge in [-0.15, -0.1) is 16.4 Å². The van der Waals surface area contributed by atoms with Crippen molar-refractivity contribution in [2.24, 2.45) is 7.05 Å². The Balaban J connectivity index is 1.96. The summed E-state index contributed by atoms with van der Waals surface area (Å²) in [5.41, 5.74) is 0.00450.